The molecule has 3 heteroatoms. The van der Waals surface area contributed by atoms with Crippen molar-refractivity contribution in [1.82, 2.24) is 14.8 Å². The first kappa shape index (κ1) is 9.69. The van der Waals surface area contributed by atoms with E-state index in [1.165, 1.54) is 25.7 Å². The molecule has 2 rings (SSSR count). The molecule has 0 spiro atoms. The molecule has 0 radical (unpaired) electrons. The van der Waals surface area contributed by atoms with Gasteiger partial charge in [-0.2, -0.15) is 5.10 Å². The summed E-state index contributed by atoms with van der Waals surface area (Å²) in [6.45, 7) is 4.67. The Balaban J connectivity index is 1.90. The van der Waals surface area contributed by atoms with Gasteiger partial charge in [-0.1, -0.05) is 13.8 Å². The first-order valence-electron chi connectivity index (χ1n) is 5.61. The van der Waals surface area contributed by atoms with E-state index in [0.717, 1.165) is 11.8 Å². The highest BCUT2D eigenvalue weighted by molar-refractivity contribution is 4.78. The van der Waals surface area contributed by atoms with Crippen LogP contribution in [0.4, 0.5) is 0 Å². The van der Waals surface area contributed by atoms with Gasteiger partial charge in [-0.25, -0.2) is 9.67 Å². The summed E-state index contributed by atoms with van der Waals surface area (Å²) in [4.78, 5) is 4.00. The van der Waals surface area contributed by atoms with Crippen LogP contribution >= 0.6 is 0 Å². The molecule has 1 saturated carbocycles. The molecule has 1 aliphatic carbocycles. The molecule has 0 saturated heterocycles. The van der Waals surface area contributed by atoms with E-state index in [1.54, 1.807) is 6.33 Å². The second-order valence-electron chi connectivity index (χ2n) is 4.69. The van der Waals surface area contributed by atoms with Gasteiger partial charge in [0.25, 0.3) is 0 Å². The van der Waals surface area contributed by atoms with Gasteiger partial charge in [0.15, 0.2) is 0 Å². The van der Waals surface area contributed by atoms with Gasteiger partial charge in [0.2, 0.25) is 0 Å². The summed E-state index contributed by atoms with van der Waals surface area (Å²) in [6, 6.07) is 0.604. The van der Waals surface area contributed by atoms with Gasteiger partial charge in [-0.05, 0) is 37.5 Å². The van der Waals surface area contributed by atoms with E-state index in [-0.39, 0.29) is 0 Å². The maximum absolute atomic E-state index is 4.22. The molecule has 1 aromatic heterocycles. The van der Waals surface area contributed by atoms with Crippen molar-refractivity contribution in [3.8, 4) is 0 Å². The molecule has 1 fully saturated rings. The van der Waals surface area contributed by atoms with E-state index >= 15 is 0 Å². The van der Waals surface area contributed by atoms with Crippen LogP contribution in [0.2, 0.25) is 0 Å². The molecule has 1 aromatic rings. The Labute approximate surface area is 85.5 Å². The molecule has 0 unspecified atom stereocenters. The van der Waals surface area contributed by atoms with E-state index in [4.69, 9.17) is 0 Å². The predicted octanol–water partition coefficient (Wildman–Crippen LogP) is 2.67. The summed E-state index contributed by atoms with van der Waals surface area (Å²) in [5.74, 6) is 1.77. The minimum absolute atomic E-state index is 0.604. The van der Waals surface area contributed by atoms with E-state index in [0.29, 0.717) is 6.04 Å². The molecular weight excluding hydrogens is 174 g/mol. The monoisotopic (exact) mass is 193 g/mol. The zero-order valence-electron chi connectivity index (χ0n) is 9.06. The minimum atomic E-state index is 0.604. The van der Waals surface area contributed by atoms with Crippen LogP contribution < -0.4 is 0 Å². The Morgan fingerprint density at radius 2 is 1.93 bits per heavy atom. The molecular formula is C11H19N3. The van der Waals surface area contributed by atoms with E-state index in [9.17, 15) is 0 Å². The van der Waals surface area contributed by atoms with E-state index < -0.39 is 0 Å². The lowest BCUT2D eigenvalue weighted by atomic mass is 9.80. The van der Waals surface area contributed by atoms with Crippen LogP contribution in [0.3, 0.4) is 0 Å². The van der Waals surface area contributed by atoms with E-state index in [1.807, 2.05) is 11.0 Å². The van der Waals surface area contributed by atoms with Crippen LogP contribution in [0.15, 0.2) is 12.7 Å². The average Bonchev–Trinajstić information content (AvgIpc) is 2.71. The highest BCUT2D eigenvalue weighted by Crippen LogP contribution is 2.35. The van der Waals surface area contributed by atoms with Crippen molar-refractivity contribution in [3.63, 3.8) is 0 Å². The molecule has 0 aromatic carbocycles. The third-order valence-corrected chi connectivity index (χ3v) is 3.49. The quantitative estimate of drug-likeness (QED) is 0.723. The van der Waals surface area contributed by atoms with Gasteiger partial charge in [0.05, 0.1) is 6.04 Å². The second-order valence-corrected chi connectivity index (χ2v) is 4.69. The van der Waals surface area contributed by atoms with Gasteiger partial charge >= 0.3 is 0 Å². The van der Waals surface area contributed by atoms with Gasteiger partial charge in [0, 0.05) is 0 Å². The lowest BCUT2D eigenvalue weighted by Crippen LogP contribution is -2.21. The van der Waals surface area contributed by atoms with Crippen LogP contribution in [-0.2, 0) is 0 Å². The minimum Gasteiger partial charge on any atom is -0.250 e. The summed E-state index contributed by atoms with van der Waals surface area (Å²) in [5, 5.41) is 4.22. The maximum Gasteiger partial charge on any atom is 0.137 e. The number of nitrogens with zero attached hydrogens (tertiary/aromatic N) is 3. The fourth-order valence-corrected chi connectivity index (χ4v) is 2.44. The van der Waals surface area contributed by atoms with Crippen molar-refractivity contribution < 1.29 is 0 Å². The van der Waals surface area contributed by atoms with Crippen molar-refractivity contribution in [2.24, 2.45) is 11.8 Å². The Morgan fingerprint density at radius 1 is 1.21 bits per heavy atom. The lowest BCUT2D eigenvalue weighted by molar-refractivity contribution is 0.216. The largest absolute Gasteiger partial charge is 0.250 e. The standard InChI is InChI=1S/C11H19N3/c1-9(2)10-3-5-11(6-4-10)14-8-12-7-13-14/h7-11H,3-6H2,1-2H3. The van der Waals surface area contributed by atoms with Crippen LogP contribution in [-0.4, -0.2) is 14.8 Å². The smallest absolute Gasteiger partial charge is 0.137 e. The molecule has 3 nitrogen and oxygen atoms in total. The summed E-state index contributed by atoms with van der Waals surface area (Å²) in [5.41, 5.74) is 0. The second kappa shape index (κ2) is 4.11. The third-order valence-electron chi connectivity index (χ3n) is 3.49. The van der Waals surface area contributed by atoms with Crippen LogP contribution in [0.25, 0.3) is 0 Å². The Kier molecular flexibility index (Phi) is 2.85. The SMILES string of the molecule is CC(C)C1CCC(n2cncn2)CC1. The molecule has 0 amide bonds. The van der Waals surface area contributed by atoms with Crippen LogP contribution in [0.5, 0.6) is 0 Å². The first-order chi connectivity index (χ1) is 6.77. The average molecular weight is 193 g/mol. The van der Waals surface area contributed by atoms with Gasteiger partial charge in [-0.3, -0.25) is 0 Å². The Bertz CT molecular complexity index is 258. The van der Waals surface area contributed by atoms with Crippen molar-refractivity contribution in [2.45, 2.75) is 45.6 Å². The third kappa shape index (κ3) is 1.97. The molecule has 0 N–H and O–H groups in total. The molecule has 0 bridgehead atoms. The number of rotatable bonds is 2. The number of hydrogen-bond acceptors (Lipinski definition) is 2. The fourth-order valence-electron chi connectivity index (χ4n) is 2.44. The molecule has 1 heterocycles. The zero-order valence-corrected chi connectivity index (χ0v) is 9.06. The molecule has 0 atom stereocenters. The molecule has 0 aliphatic heterocycles. The zero-order chi connectivity index (χ0) is 9.97. The van der Waals surface area contributed by atoms with Crippen LogP contribution in [0.1, 0.15) is 45.6 Å². The summed E-state index contributed by atoms with van der Waals surface area (Å²) >= 11 is 0. The lowest BCUT2D eigenvalue weighted by Gasteiger charge is -2.30. The predicted molar refractivity (Wildman–Crippen MR) is 55.9 cm³/mol. The van der Waals surface area contributed by atoms with Gasteiger partial charge in [-0.15, -0.1) is 0 Å². The number of aromatic nitrogens is 3. The summed E-state index contributed by atoms with van der Waals surface area (Å²) in [6.07, 6.45) is 8.72. The van der Waals surface area contributed by atoms with Crippen molar-refractivity contribution in [1.29, 1.82) is 0 Å². The van der Waals surface area contributed by atoms with Crippen molar-refractivity contribution >= 4 is 0 Å². The Morgan fingerprint density at radius 3 is 2.43 bits per heavy atom. The highest BCUT2D eigenvalue weighted by Gasteiger charge is 2.24. The normalized spacial score (nSPS) is 28.2. The fraction of sp³-hybridized carbons (Fsp3) is 0.818. The topological polar surface area (TPSA) is 30.7 Å². The van der Waals surface area contributed by atoms with Crippen LogP contribution in [0, 0.1) is 11.8 Å². The Hall–Kier alpha value is -0.860. The summed E-state index contributed by atoms with van der Waals surface area (Å²) in [7, 11) is 0. The maximum atomic E-state index is 4.22. The molecule has 14 heavy (non-hydrogen) atoms. The van der Waals surface area contributed by atoms with Gasteiger partial charge < -0.3 is 0 Å². The highest BCUT2D eigenvalue weighted by atomic mass is 15.3. The number of hydrogen-bond donors (Lipinski definition) is 0. The molecule has 78 valence electrons. The van der Waals surface area contributed by atoms with Gasteiger partial charge in [0.1, 0.15) is 12.7 Å². The first-order valence-corrected chi connectivity index (χ1v) is 5.61. The summed E-state index contributed by atoms with van der Waals surface area (Å²) < 4.78 is 2.02. The van der Waals surface area contributed by atoms with Crippen molar-refractivity contribution in [3.05, 3.63) is 12.7 Å². The molecule has 1 aliphatic rings. The van der Waals surface area contributed by atoms with Crippen molar-refractivity contribution in [2.75, 3.05) is 0 Å². The van der Waals surface area contributed by atoms with E-state index in [2.05, 4.69) is 23.9 Å².